The minimum absolute atomic E-state index is 0.781. The van der Waals surface area contributed by atoms with E-state index < -0.39 is 0 Å². The standard InChI is InChI=1S/C21H28N4O2/c1-15-5-9-24(10-6-15)21-22-8-4-20(23-21)25-11-7-16-12-18(26-2)19(27-3)13-17(16)14-25/h4,8,12-13,15H,5-7,9-11,14H2,1-3H3. The maximum atomic E-state index is 5.47. The Morgan fingerprint density at radius 2 is 1.67 bits per heavy atom. The minimum atomic E-state index is 0.781. The summed E-state index contributed by atoms with van der Waals surface area (Å²) >= 11 is 0. The molecule has 2 aliphatic rings. The van der Waals surface area contributed by atoms with Gasteiger partial charge < -0.3 is 19.3 Å². The van der Waals surface area contributed by atoms with Gasteiger partial charge in [0.2, 0.25) is 5.95 Å². The molecule has 0 spiro atoms. The summed E-state index contributed by atoms with van der Waals surface area (Å²) in [6.45, 7) is 6.18. The van der Waals surface area contributed by atoms with Crippen molar-refractivity contribution in [2.24, 2.45) is 5.92 Å². The fourth-order valence-electron chi connectivity index (χ4n) is 3.95. The second-order valence-electron chi connectivity index (χ2n) is 7.53. The minimum Gasteiger partial charge on any atom is -0.493 e. The van der Waals surface area contributed by atoms with Gasteiger partial charge in [-0.3, -0.25) is 0 Å². The van der Waals surface area contributed by atoms with E-state index in [0.29, 0.717) is 0 Å². The first-order chi connectivity index (χ1) is 13.2. The molecule has 0 N–H and O–H groups in total. The molecule has 0 saturated carbocycles. The van der Waals surface area contributed by atoms with Crippen molar-refractivity contribution < 1.29 is 9.47 Å². The molecule has 6 heteroatoms. The van der Waals surface area contributed by atoms with E-state index in [0.717, 1.165) is 61.8 Å². The van der Waals surface area contributed by atoms with Crippen LogP contribution in [0.25, 0.3) is 0 Å². The quantitative estimate of drug-likeness (QED) is 0.825. The Bertz CT molecular complexity index is 803. The van der Waals surface area contributed by atoms with E-state index in [2.05, 4.69) is 33.8 Å². The summed E-state index contributed by atoms with van der Waals surface area (Å²) in [7, 11) is 3.37. The summed E-state index contributed by atoms with van der Waals surface area (Å²) in [6, 6.07) is 6.21. The van der Waals surface area contributed by atoms with Gasteiger partial charge in [0.1, 0.15) is 5.82 Å². The molecule has 0 bridgehead atoms. The van der Waals surface area contributed by atoms with E-state index in [1.165, 1.54) is 24.0 Å². The third kappa shape index (κ3) is 3.66. The predicted molar refractivity (Wildman–Crippen MR) is 107 cm³/mol. The van der Waals surface area contributed by atoms with Crippen LogP contribution in [0.2, 0.25) is 0 Å². The van der Waals surface area contributed by atoms with Crippen molar-refractivity contribution in [1.82, 2.24) is 9.97 Å². The number of benzene rings is 1. The van der Waals surface area contributed by atoms with E-state index in [9.17, 15) is 0 Å². The summed E-state index contributed by atoms with van der Waals surface area (Å²) in [5.41, 5.74) is 2.59. The molecule has 0 atom stereocenters. The zero-order valence-corrected chi connectivity index (χ0v) is 16.4. The monoisotopic (exact) mass is 368 g/mol. The number of piperidine rings is 1. The normalized spacial score (nSPS) is 17.6. The van der Waals surface area contributed by atoms with Gasteiger partial charge in [0, 0.05) is 32.4 Å². The topological polar surface area (TPSA) is 50.7 Å². The predicted octanol–water partition coefficient (Wildman–Crippen LogP) is 3.29. The van der Waals surface area contributed by atoms with Crippen LogP contribution in [0.15, 0.2) is 24.4 Å². The number of fused-ring (bicyclic) bond motifs is 1. The van der Waals surface area contributed by atoms with E-state index in [1.807, 2.05) is 12.3 Å². The summed E-state index contributed by atoms with van der Waals surface area (Å²) < 4.78 is 10.9. The second-order valence-corrected chi connectivity index (χ2v) is 7.53. The van der Waals surface area contributed by atoms with Crippen molar-refractivity contribution >= 4 is 11.8 Å². The molecular weight excluding hydrogens is 340 g/mol. The first-order valence-electron chi connectivity index (χ1n) is 9.74. The molecule has 1 aromatic carbocycles. The SMILES string of the molecule is COc1cc2c(cc1OC)CN(c1ccnc(N3CCC(C)CC3)n1)CC2. The van der Waals surface area contributed by atoms with Gasteiger partial charge >= 0.3 is 0 Å². The number of nitrogens with zero attached hydrogens (tertiary/aromatic N) is 4. The number of rotatable bonds is 4. The van der Waals surface area contributed by atoms with Crippen molar-refractivity contribution in [1.29, 1.82) is 0 Å². The van der Waals surface area contributed by atoms with E-state index in [1.54, 1.807) is 14.2 Å². The first kappa shape index (κ1) is 17.9. The largest absolute Gasteiger partial charge is 0.493 e. The third-order valence-corrected chi connectivity index (χ3v) is 5.74. The maximum absolute atomic E-state index is 5.47. The highest BCUT2D eigenvalue weighted by atomic mass is 16.5. The van der Waals surface area contributed by atoms with Crippen molar-refractivity contribution in [2.75, 3.05) is 43.7 Å². The maximum Gasteiger partial charge on any atom is 0.227 e. The summed E-state index contributed by atoms with van der Waals surface area (Å²) in [5.74, 6) is 4.24. The van der Waals surface area contributed by atoms with Crippen LogP contribution in [0.5, 0.6) is 11.5 Å². The number of anilines is 2. The number of aromatic nitrogens is 2. The van der Waals surface area contributed by atoms with Gasteiger partial charge in [-0.1, -0.05) is 6.92 Å². The molecule has 2 aromatic rings. The zero-order chi connectivity index (χ0) is 18.8. The number of methoxy groups -OCH3 is 2. The molecule has 1 fully saturated rings. The second kappa shape index (κ2) is 7.62. The fourth-order valence-corrected chi connectivity index (χ4v) is 3.95. The molecule has 0 unspecified atom stereocenters. The van der Waals surface area contributed by atoms with Crippen LogP contribution in [-0.2, 0) is 13.0 Å². The van der Waals surface area contributed by atoms with Crippen LogP contribution in [0.3, 0.4) is 0 Å². The molecule has 2 aliphatic heterocycles. The smallest absolute Gasteiger partial charge is 0.227 e. The Labute approximate surface area is 161 Å². The van der Waals surface area contributed by atoms with Gasteiger partial charge in [0.05, 0.1) is 14.2 Å². The van der Waals surface area contributed by atoms with Crippen molar-refractivity contribution in [3.8, 4) is 11.5 Å². The highest BCUT2D eigenvalue weighted by Gasteiger charge is 2.22. The lowest BCUT2D eigenvalue weighted by atomic mass is 9.99. The first-order valence-corrected chi connectivity index (χ1v) is 9.74. The summed E-state index contributed by atoms with van der Waals surface area (Å²) in [6.07, 6.45) is 5.29. The van der Waals surface area contributed by atoms with E-state index >= 15 is 0 Å². The number of hydrogen-bond acceptors (Lipinski definition) is 6. The van der Waals surface area contributed by atoms with Crippen LogP contribution >= 0.6 is 0 Å². The van der Waals surface area contributed by atoms with Crippen LogP contribution < -0.4 is 19.3 Å². The van der Waals surface area contributed by atoms with Gasteiger partial charge in [0.15, 0.2) is 11.5 Å². The molecule has 1 aromatic heterocycles. The molecule has 27 heavy (non-hydrogen) atoms. The Balaban J connectivity index is 1.54. The van der Waals surface area contributed by atoms with Gasteiger partial charge in [-0.2, -0.15) is 4.98 Å². The summed E-state index contributed by atoms with van der Waals surface area (Å²) in [5, 5.41) is 0. The Kier molecular flexibility index (Phi) is 5.05. The van der Waals surface area contributed by atoms with Crippen molar-refractivity contribution in [2.45, 2.75) is 32.7 Å². The fraction of sp³-hybridized carbons (Fsp3) is 0.524. The van der Waals surface area contributed by atoms with Gasteiger partial charge in [-0.05, 0) is 54.5 Å². The van der Waals surface area contributed by atoms with Crippen molar-refractivity contribution in [3.63, 3.8) is 0 Å². The lowest BCUT2D eigenvalue weighted by molar-refractivity contribution is 0.353. The van der Waals surface area contributed by atoms with Crippen LogP contribution in [0, 0.1) is 5.92 Å². The van der Waals surface area contributed by atoms with Crippen LogP contribution in [0.4, 0.5) is 11.8 Å². The third-order valence-electron chi connectivity index (χ3n) is 5.74. The zero-order valence-electron chi connectivity index (χ0n) is 16.4. The van der Waals surface area contributed by atoms with Gasteiger partial charge in [0.25, 0.3) is 0 Å². The van der Waals surface area contributed by atoms with Crippen LogP contribution in [-0.4, -0.2) is 43.8 Å². The molecule has 0 aliphatic carbocycles. The van der Waals surface area contributed by atoms with Gasteiger partial charge in [-0.15, -0.1) is 0 Å². The highest BCUT2D eigenvalue weighted by Crippen LogP contribution is 2.34. The molecule has 6 nitrogen and oxygen atoms in total. The highest BCUT2D eigenvalue weighted by molar-refractivity contribution is 5.52. The van der Waals surface area contributed by atoms with E-state index in [4.69, 9.17) is 14.5 Å². The Morgan fingerprint density at radius 1 is 0.963 bits per heavy atom. The summed E-state index contributed by atoms with van der Waals surface area (Å²) in [4.78, 5) is 14.0. The average Bonchev–Trinajstić information content (AvgIpc) is 2.73. The molecule has 1 saturated heterocycles. The molecule has 3 heterocycles. The molecule has 4 rings (SSSR count). The van der Waals surface area contributed by atoms with Crippen LogP contribution in [0.1, 0.15) is 30.9 Å². The van der Waals surface area contributed by atoms with Crippen molar-refractivity contribution in [3.05, 3.63) is 35.5 Å². The molecule has 0 amide bonds. The lowest BCUT2D eigenvalue weighted by Crippen LogP contribution is -2.35. The lowest BCUT2D eigenvalue weighted by Gasteiger charge is -2.33. The molecular formula is C21H28N4O2. The Morgan fingerprint density at radius 3 is 2.37 bits per heavy atom. The number of hydrogen-bond donors (Lipinski definition) is 0. The Hall–Kier alpha value is -2.50. The number of ether oxygens (including phenoxy) is 2. The van der Waals surface area contributed by atoms with Gasteiger partial charge in [-0.25, -0.2) is 4.98 Å². The average molecular weight is 368 g/mol. The molecule has 0 radical (unpaired) electrons. The van der Waals surface area contributed by atoms with E-state index in [-0.39, 0.29) is 0 Å². The molecule has 144 valence electrons.